The number of benzene rings is 2. The first kappa shape index (κ1) is 16.6. The fourth-order valence-corrected chi connectivity index (χ4v) is 2.09. The Morgan fingerprint density at radius 2 is 1.73 bits per heavy atom. The van der Waals surface area contributed by atoms with E-state index in [0.29, 0.717) is 0 Å². The number of alkyl halides is 3. The third kappa shape index (κ3) is 4.90. The fraction of sp³-hybridized carbons (Fsp3) is 0.133. The van der Waals surface area contributed by atoms with E-state index in [0.717, 1.165) is 21.4 Å². The van der Waals surface area contributed by atoms with E-state index in [1.54, 1.807) is 0 Å². The summed E-state index contributed by atoms with van der Waals surface area (Å²) in [6, 6.07) is 11.9. The Morgan fingerprint density at radius 3 is 2.36 bits per heavy atom. The molecule has 3 nitrogen and oxygen atoms in total. The first-order valence-electron chi connectivity index (χ1n) is 6.31. The van der Waals surface area contributed by atoms with E-state index < -0.39 is 17.6 Å². The smallest absolute Gasteiger partial charge is 0.376 e. The summed E-state index contributed by atoms with van der Waals surface area (Å²) in [6.07, 6.45) is -4.43. The van der Waals surface area contributed by atoms with Crippen LogP contribution in [-0.2, 0) is 11.0 Å². The molecular formula is C15H12F3IN2O. The highest BCUT2D eigenvalue weighted by atomic mass is 127. The summed E-state index contributed by atoms with van der Waals surface area (Å²) in [5.74, 6) is -0.419. The number of carbonyl (C=O) groups excluding carboxylic acids is 1. The quantitative estimate of drug-likeness (QED) is 0.722. The third-order valence-corrected chi connectivity index (χ3v) is 3.49. The zero-order chi connectivity index (χ0) is 16.2. The number of nitrogens with one attached hydrogen (secondary N) is 2. The van der Waals surface area contributed by atoms with Crippen LogP contribution < -0.4 is 10.6 Å². The summed E-state index contributed by atoms with van der Waals surface area (Å²) in [6.45, 7) is -0.0309. The number of halogens is 4. The minimum absolute atomic E-state index is 0.0309. The van der Waals surface area contributed by atoms with Crippen molar-refractivity contribution in [2.45, 2.75) is 6.18 Å². The number of amides is 1. The second-order valence-electron chi connectivity index (χ2n) is 4.49. The van der Waals surface area contributed by atoms with Crippen molar-refractivity contribution >= 4 is 39.9 Å². The van der Waals surface area contributed by atoms with Gasteiger partial charge in [-0.25, -0.2) is 0 Å². The third-order valence-electron chi connectivity index (χ3n) is 2.77. The minimum atomic E-state index is -4.43. The first-order valence-corrected chi connectivity index (χ1v) is 7.39. The van der Waals surface area contributed by atoms with Crippen LogP contribution in [0.1, 0.15) is 5.56 Å². The molecule has 22 heavy (non-hydrogen) atoms. The van der Waals surface area contributed by atoms with Crippen LogP contribution in [-0.4, -0.2) is 12.5 Å². The molecule has 0 heterocycles. The summed E-state index contributed by atoms with van der Waals surface area (Å²) in [7, 11) is 0. The van der Waals surface area contributed by atoms with Crippen molar-refractivity contribution < 1.29 is 18.0 Å². The van der Waals surface area contributed by atoms with Crippen molar-refractivity contribution in [2.24, 2.45) is 0 Å². The Bertz CT molecular complexity index is 657. The fourth-order valence-electron chi connectivity index (χ4n) is 1.73. The van der Waals surface area contributed by atoms with E-state index in [1.807, 2.05) is 24.3 Å². The molecule has 7 heteroatoms. The molecule has 1 amide bonds. The summed E-state index contributed by atoms with van der Waals surface area (Å²) < 4.78 is 38.8. The van der Waals surface area contributed by atoms with Gasteiger partial charge < -0.3 is 10.6 Å². The van der Waals surface area contributed by atoms with Crippen molar-refractivity contribution in [1.29, 1.82) is 0 Å². The number of hydrogen-bond acceptors (Lipinski definition) is 2. The van der Waals surface area contributed by atoms with E-state index >= 15 is 0 Å². The number of rotatable bonds is 4. The van der Waals surface area contributed by atoms with Crippen LogP contribution >= 0.6 is 22.6 Å². The first-order chi connectivity index (χ1) is 10.3. The summed E-state index contributed by atoms with van der Waals surface area (Å²) in [5, 5.41) is 5.33. The van der Waals surface area contributed by atoms with Gasteiger partial charge in [-0.05, 0) is 65.1 Å². The molecule has 0 fully saturated rings. The van der Waals surface area contributed by atoms with Crippen molar-refractivity contribution in [3.8, 4) is 0 Å². The molecule has 2 N–H and O–H groups in total. The highest BCUT2D eigenvalue weighted by molar-refractivity contribution is 14.1. The Hall–Kier alpha value is -1.77. The standard InChI is InChI=1S/C15H12F3IN2O/c16-15(17,18)10-2-1-3-13(8-10)21-14(22)9-20-12-6-4-11(19)5-7-12/h1-8,20H,9H2,(H,21,22). The molecule has 0 aliphatic carbocycles. The minimum Gasteiger partial charge on any atom is -0.376 e. The van der Waals surface area contributed by atoms with Crippen LogP contribution in [0.25, 0.3) is 0 Å². The van der Waals surface area contributed by atoms with E-state index in [9.17, 15) is 18.0 Å². The lowest BCUT2D eigenvalue weighted by Gasteiger charge is -2.10. The zero-order valence-electron chi connectivity index (χ0n) is 11.2. The van der Waals surface area contributed by atoms with E-state index in [-0.39, 0.29) is 12.2 Å². The molecular weight excluding hydrogens is 408 g/mol. The maximum absolute atomic E-state index is 12.6. The molecule has 0 aliphatic rings. The SMILES string of the molecule is O=C(CNc1ccc(I)cc1)Nc1cccc(C(F)(F)F)c1. The molecule has 0 radical (unpaired) electrons. The molecule has 0 aliphatic heterocycles. The molecule has 2 aromatic rings. The maximum Gasteiger partial charge on any atom is 0.416 e. The van der Waals surface area contributed by atoms with Gasteiger partial charge in [0.2, 0.25) is 5.91 Å². The van der Waals surface area contributed by atoms with Gasteiger partial charge in [0, 0.05) is 14.9 Å². The van der Waals surface area contributed by atoms with Crippen molar-refractivity contribution in [1.82, 2.24) is 0 Å². The van der Waals surface area contributed by atoms with Crippen molar-refractivity contribution in [2.75, 3.05) is 17.2 Å². The van der Waals surface area contributed by atoms with Gasteiger partial charge in [-0.3, -0.25) is 4.79 Å². The van der Waals surface area contributed by atoms with E-state index in [2.05, 4.69) is 33.2 Å². The molecule has 2 aromatic carbocycles. The second-order valence-corrected chi connectivity index (χ2v) is 5.73. The lowest BCUT2D eigenvalue weighted by molar-refractivity contribution is -0.137. The largest absolute Gasteiger partial charge is 0.416 e. The average Bonchev–Trinajstić information content (AvgIpc) is 2.46. The molecule has 0 unspecified atom stereocenters. The summed E-state index contributed by atoms with van der Waals surface area (Å²) in [4.78, 5) is 11.8. The second kappa shape index (κ2) is 6.99. The summed E-state index contributed by atoms with van der Waals surface area (Å²) in [5.41, 5.74) is 0.0831. The maximum atomic E-state index is 12.6. The number of hydrogen-bond donors (Lipinski definition) is 2. The van der Waals surface area contributed by atoms with Crippen LogP contribution in [0.2, 0.25) is 0 Å². The molecule has 0 bridgehead atoms. The van der Waals surface area contributed by atoms with Crippen LogP contribution in [0, 0.1) is 3.57 Å². The van der Waals surface area contributed by atoms with Gasteiger partial charge in [0.05, 0.1) is 12.1 Å². The molecule has 0 atom stereocenters. The molecule has 116 valence electrons. The number of carbonyl (C=O) groups is 1. The van der Waals surface area contributed by atoms with Crippen LogP contribution in [0.5, 0.6) is 0 Å². The van der Waals surface area contributed by atoms with Crippen molar-refractivity contribution in [3.05, 3.63) is 57.7 Å². The zero-order valence-corrected chi connectivity index (χ0v) is 13.4. The van der Waals surface area contributed by atoms with Crippen molar-refractivity contribution in [3.63, 3.8) is 0 Å². The molecule has 0 spiro atoms. The highest BCUT2D eigenvalue weighted by Gasteiger charge is 2.30. The summed E-state index contributed by atoms with van der Waals surface area (Å²) >= 11 is 2.16. The van der Waals surface area contributed by atoms with Gasteiger partial charge in [0.15, 0.2) is 0 Å². The average molecular weight is 420 g/mol. The Labute approximate surface area is 139 Å². The molecule has 0 saturated carbocycles. The topological polar surface area (TPSA) is 41.1 Å². The lowest BCUT2D eigenvalue weighted by Crippen LogP contribution is -2.22. The Morgan fingerprint density at radius 1 is 1.05 bits per heavy atom. The Kier molecular flexibility index (Phi) is 5.28. The molecule has 0 aromatic heterocycles. The van der Waals surface area contributed by atoms with Crippen LogP contribution in [0.15, 0.2) is 48.5 Å². The van der Waals surface area contributed by atoms with Gasteiger partial charge >= 0.3 is 6.18 Å². The van der Waals surface area contributed by atoms with E-state index in [1.165, 1.54) is 12.1 Å². The lowest BCUT2D eigenvalue weighted by atomic mass is 10.2. The van der Waals surface area contributed by atoms with Gasteiger partial charge in [-0.1, -0.05) is 6.07 Å². The molecule has 2 rings (SSSR count). The molecule has 0 saturated heterocycles. The Balaban J connectivity index is 1.93. The van der Waals surface area contributed by atoms with Gasteiger partial charge in [-0.2, -0.15) is 13.2 Å². The predicted octanol–water partition coefficient (Wildman–Crippen LogP) is 4.36. The monoisotopic (exact) mass is 420 g/mol. The van der Waals surface area contributed by atoms with Gasteiger partial charge in [-0.15, -0.1) is 0 Å². The van der Waals surface area contributed by atoms with Crippen LogP contribution in [0.3, 0.4) is 0 Å². The van der Waals surface area contributed by atoms with Gasteiger partial charge in [0.25, 0.3) is 0 Å². The van der Waals surface area contributed by atoms with Crippen LogP contribution in [0.4, 0.5) is 24.5 Å². The van der Waals surface area contributed by atoms with E-state index in [4.69, 9.17) is 0 Å². The normalized spacial score (nSPS) is 11.1. The highest BCUT2D eigenvalue weighted by Crippen LogP contribution is 2.30. The van der Waals surface area contributed by atoms with Gasteiger partial charge in [0.1, 0.15) is 0 Å². The predicted molar refractivity (Wildman–Crippen MR) is 87.7 cm³/mol. The number of anilines is 2.